The third-order valence-corrected chi connectivity index (χ3v) is 9.38. The number of hydrogen-bond acceptors (Lipinski definition) is 1. The third kappa shape index (κ3) is 2.87. The van der Waals surface area contributed by atoms with Crippen LogP contribution in [-0.4, -0.2) is 4.57 Å². The minimum absolute atomic E-state index is 1.19. The molecule has 0 N–H and O–H groups in total. The molecule has 180 valence electrons. The smallest absolute Gasteiger partial charge is 0.0547 e. The van der Waals surface area contributed by atoms with Gasteiger partial charge in [0.05, 0.1) is 11.0 Å². The van der Waals surface area contributed by atoms with Gasteiger partial charge >= 0.3 is 0 Å². The molecule has 38 heavy (non-hydrogen) atoms. The van der Waals surface area contributed by atoms with E-state index in [9.17, 15) is 0 Å². The molecule has 8 rings (SSSR count). The van der Waals surface area contributed by atoms with Gasteiger partial charge in [0, 0.05) is 36.6 Å². The number of aromatic nitrogens is 1. The van der Waals surface area contributed by atoms with Crippen LogP contribution in [0.2, 0.25) is 0 Å². The standard InChI is InChI=1S/C36H25NS/c1-22-20-21-30-35(27-16-8-10-18-29(27)37(30)24-12-4-3-5-13-24)32(22)33-23(2)36-34(26-15-7-6-14-25(26)33)28-17-9-11-19-31(28)38-36/h3-21H,1-2H3. The van der Waals surface area contributed by atoms with Gasteiger partial charge in [-0.15, -0.1) is 11.3 Å². The number of thiophene rings is 1. The zero-order chi connectivity index (χ0) is 25.4. The Kier molecular flexibility index (Phi) is 4.59. The molecule has 0 amide bonds. The van der Waals surface area contributed by atoms with Crippen LogP contribution in [0.15, 0.2) is 115 Å². The van der Waals surface area contributed by atoms with Crippen molar-refractivity contribution in [3.05, 3.63) is 126 Å². The third-order valence-electron chi connectivity index (χ3n) is 8.09. The zero-order valence-corrected chi connectivity index (χ0v) is 22.1. The summed E-state index contributed by atoms with van der Waals surface area (Å²) in [6.07, 6.45) is 0. The van der Waals surface area contributed by atoms with E-state index in [-0.39, 0.29) is 0 Å². The average molecular weight is 504 g/mol. The van der Waals surface area contributed by atoms with Gasteiger partial charge in [-0.05, 0) is 77.2 Å². The number of hydrogen-bond donors (Lipinski definition) is 0. The second-order valence-corrected chi connectivity index (χ2v) is 11.2. The fourth-order valence-electron chi connectivity index (χ4n) is 6.48. The average Bonchev–Trinajstić information content (AvgIpc) is 3.51. The lowest BCUT2D eigenvalue weighted by Crippen LogP contribution is -1.95. The van der Waals surface area contributed by atoms with E-state index in [1.807, 2.05) is 11.3 Å². The highest BCUT2D eigenvalue weighted by Gasteiger charge is 2.23. The molecule has 0 radical (unpaired) electrons. The van der Waals surface area contributed by atoms with E-state index >= 15 is 0 Å². The summed E-state index contributed by atoms with van der Waals surface area (Å²) < 4.78 is 5.16. The normalized spacial score (nSPS) is 11.9. The Balaban J connectivity index is 1.61. The second-order valence-electron chi connectivity index (χ2n) is 10.2. The van der Waals surface area contributed by atoms with Gasteiger partial charge in [-0.2, -0.15) is 0 Å². The van der Waals surface area contributed by atoms with Gasteiger partial charge in [0.2, 0.25) is 0 Å². The zero-order valence-electron chi connectivity index (χ0n) is 21.3. The Labute approximate surface area is 225 Å². The first-order valence-electron chi connectivity index (χ1n) is 13.1. The van der Waals surface area contributed by atoms with Crippen LogP contribution in [0, 0.1) is 13.8 Å². The lowest BCUT2D eigenvalue weighted by atomic mass is 9.87. The van der Waals surface area contributed by atoms with Gasteiger partial charge in [-0.25, -0.2) is 0 Å². The molecule has 0 spiro atoms. The number of fused-ring (bicyclic) bond motifs is 8. The Bertz CT molecular complexity index is 2190. The summed E-state index contributed by atoms with van der Waals surface area (Å²) in [6, 6.07) is 42.1. The number of benzene rings is 6. The molecule has 0 aliphatic heterocycles. The first-order valence-corrected chi connectivity index (χ1v) is 13.9. The molecule has 2 aromatic heterocycles. The molecule has 6 aromatic carbocycles. The SMILES string of the molecule is Cc1ccc2c(c1-c1c(C)c3sc4ccccc4c3c3ccccc13)c1ccccc1n2-c1ccccc1. The summed E-state index contributed by atoms with van der Waals surface area (Å²) in [7, 11) is 0. The van der Waals surface area contributed by atoms with E-state index in [4.69, 9.17) is 0 Å². The van der Waals surface area contributed by atoms with Crippen LogP contribution in [-0.2, 0) is 0 Å². The number of rotatable bonds is 2. The van der Waals surface area contributed by atoms with Crippen molar-refractivity contribution in [2.45, 2.75) is 13.8 Å². The van der Waals surface area contributed by atoms with Gasteiger partial charge in [-0.1, -0.05) is 84.9 Å². The molecule has 1 nitrogen and oxygen atoms in total. The Morgan fingerprint density at radius 3 is 1.97 bits per heavy atom. The molecule has 0 saturated carbocycles. The number of aryl methyl sites for hydroxylation is 2. The van der Waals surface area contributed by atoms with Crippen LogP contribution in [0.1, 0.15) is 11.1 Å². The van der Waals surface area contributed by atoms with Crippen molar-refractivity contribution in [1.29, 1.82) is 0 Å². The van der Waals surface area contributed by atoms with Crippen molar-refractivity contribution in [3.8, 4) is 16.8 Å². The number of nitrogens with zero attached hydrogens (tertiary/aromatic N) is 1. The lowest BCUT2D eigenvalue weighted by molar-refractivity contribution is 1.18. The summed E-state index contributed by atoms with van der Waals surface area (Å²) in [5, 5.41) is 8.04. The highest BCUT2D eigenvalue weighted by Crippen LogP contribution is 2.49. The maximum absolute atomic E-state index is 2.42. The van der Waals surface area contributed by atoms with Crippen molar-refractivity contribution < 1.29 is 0 Å². The van der Waals surface area contributed by atoms with E-state index in [2.05, 4.69) is 134 Å². The highest BCUT2D eigenvalue weighted by atomic mass is 32.1. The predicted octanol–water partition coefficient (Wildman–Crippen LogP) is 10.6. The maximum atomic E-state index is 2.42. The van der Waals surface area contributed by atoms with Crippen molar-refractivity contribution in [2.75, 3.05) is 0 Å². The van der Waals surface area contributed by atoms with E-state index < -0.39 is 0 Å². The maximum Gasteiger partial charge on any atom is 0.0547 e. The molecule has 0 aliphatic carbocycles. The molecule has 2 heterocycles. The Morgan fingerprint density at radius 1 is 0.500 bits per heavy atom. The minimum Gasteiger partial charge on any atom is -0.309 e. The molecule has 0 atom stereocenters. The van der Waals surface area contributed by atoms with Crippen LogP contribution in [0.5, 0.6) is 0 Å². The van der Waals surface area contributed by atoms with E-state index in [1.54, 1.807) is 0 Å². The van der Waals surface area contributed by atoms with Crippen molar-refractivity contribution >= 4 is 64.1 Å². The van der Waals surface area contributed by atoms with Crippen molar-refractivity contribution in [3.63, 3.8) is 0 Å². The van der Waals surface area contributed by atoms with Crippen LogP contribution in [0.3, 0.4) is 0 Å². The Hall–Kier alpha value is -4.40. The van der Waals surface area contributed by atoms with Crippen LogP contribution in [0.4, 0.5) is 0 Å². The first kappa shape index (κ1) is 21.7. The quantitative estimate of drug-likeness (QED) is 0.221. The van der Waals surface area contributed by atoms with Gasteiger partial charge in [-0.3, -0.25) is 0 Å². The van der Waals surface area contributed by atoms with Gasteiger partial charge < -0.3 is 4.57 Å². The molecule has 0 bridgehead atoms. The molecular formula is C36H25NS. The first-order chi connectivity index (χ1) is 18.7. The fourth-order valence-corrected chi connectivity index (χ4v) is 7.70. The van der Waals surface area contributed by atoms with Gasteiger partial charge in [0.1, 0.15) is 0 Å². The topological polar surface area (TPSA) is 4.93 Å². The van der Waals surface area contributed by atoms with Crippen LogP contribution >= 0.6 is 11.3 Å². The summed E-state index contributed by atoms with van der Waals surface area (Å²) in [5.74, 6) is 0. The largest absolute Gasteiger partial charge is 0.309 e. The summed E-state index contributed by atoms with van der Waals surface area (Å²) in [6.45, 7) is 4.60. The molecule has 0 aliphatic rings. The molecule has 0 fully saturated rings. The van der Waals surface area contributed by atoms with E-state index in [0.717, 1.165) is 0 Å². The molecule has 0 unspecified atom stereocenters. The Morgan fingerprint density at radius 2 is 1.16 bits per heavy atom. The lowest BCUT2D eigenvalue weighted by Gasteiger charge is -2.17. The fraction of sp³-hybridized carbons (Fsp3) is 0.0556. The van der Waals surface area contributed by atoms with Gasteiger partial charge in [0.25, 0.3) is 0 Å². The van der Waals surface area contributed by atoms with Crippen molar-refractivity contribution in [2.24, 2.45) is 0 Å². The number of para-hydroxylation sites is 2. The summed E-state index contributed by atoms with van der Waals surface area (Å²) >= 11 is 1.92. The molecule has 8 aromatic rings. The predicted molar refractivity (Wildman–Crippen MR) is 166 cm³/mol. The summed E-state index contributed by atoms with van der Waals surface area (Å²) in [4.78, 5) is 0. The molecule has 0 saturated heterocycles. The van der Waals surface area contributed by atoms with Crippen molar-refractivity contribution in [1.82, 2.24) is 4.57 Å². The van der Waals surface area contributed by atoms with Crippen LogP contribution < -0.4 is 0 Å². The molecule has 2 heteroatoms. The second kappa shape index (κ2) is 8.05. The highest BCUT2D eigenvalue weighted by molar-refractivity contribution is 7.26. The monoisotopic (exact) mass is 503 g/mol. The molecular weight excluding hydrogens is 478 g/mol. The van der Waals surface area contributed by atoms with Gasteiger partial charge in [0.15, 0.2) is 0 Å². The summed E-state index contributed by atoms with van der Waals surface area (Å²) in [5.41, 5.74) is 9.06. The minimum atomic E-state index is 1.19. The van der Waals surface area contributed by atoms with E-state index in [1.165, 1.54) is 80.7 Å². The van der Waals surface area contributed by atoms with E-state index in [0.29, 0.717) is 0 Å². The van der Waals surface area contributed by atoms with Crippen LogP contribution in [0.25, 0.3) is 69.6 Å².